The summed E-state index contributed by atoms with van der Waals surface area (Å²) in [6.07, 6.45) is 3.71. The Bertz CT molecular complexity index is 780. The lowest BCUT2D eigenvalue weighted by Gasteiger charge is -2.38. The molecule has 1 aromatic carbocycles. The van der Waals surface area contributed by atoms with Crippen LogP contribution in [0.3, 0.4) is 0 Å². The Labute approximate surface area is 141 Å². The second kappa shape index (κ2) is 6.26. The normalized spacial score (nSPS) is 21.4. The van der Waals surface area contributed by atoms with E-state index in [-0.39, 0.29) is 12.1 Å². The van der Waals surface area contributed by atoms with Crippen molar-refractivity contribution < 1.29 is 9.59 Å². The zero-order valence-corrected chi connectivity index (χ0v) is 14.4. The van der Waals surface area contributed by atoms with Gasteiger partial charge in [0.25, 0.3) is 0 Å². The molecule has 2 aromatic rings. The van der Waals surface area contributed by atoms with Gasteiger partial charge in [-0.1, -0.05) is 13.0 Å². The Morgan fingerprint density at radius 2 is 2.04 bits per heavy atom. The van der Waals surface area contributed by atoms with Gasteiger partial charge in [-0.25, -0.2) is 0 Å². The molecule has 2 N–H and O–H groups in total. The number of amides is 2. The van der Waals surface area contributed by atoms with Gasteiger partial charge < -0.3 is 10.6 Å². The average Bonchev–Trinajstić information content (AvgIpc) is 2.97. The van der Waals surface area contributed by atoms with Crippen molar-refractivity contribution in [2.45, 2.75) is 45.7 Å². The topological polar surface area (TPSA) is 81.2 Å². The highest BCUT2D eigenvalue weighted by Gasteiger charge is 2.33. The second-order valence-corrected chi connectivity index (χ2v) is 7.02. The van der Waals surface area contributed by atoms with Crippen molar-refractivity contribution in [1.29, 1.82) is 0 Å². The van der Waals surface area contributed by atoms with Crippen LogP contribution in [0, 0.1) is 5.92 Å². The number of benzene rings is 1. The number of hydrogen-bond donors (Lipinski definition) is 1. The number of nitrogens with two attached hydrogens (primary N) is 1. The van der Waals surface area contributed by atoms with E-state index in [1.54, 1.807) is 4.90 Å². The van der Waals surface area contributed by atoms with Gasteiger partial charge in [0, 0.05) is 18.0 Å². The summed E-state index contributed by atoms with van der Waals surface area (Å²) in [6.45, 7) is 6.84. The van der Waals surface area contributed by atoms with E-state index >= 15 is 0 Å². The molecule has 0 bridgehead atoms. The van der Waals surface area contributed by atoms with Crippen LogP contribution in [0.5, 0.6) is 0 Å². The van der Waals surface area contributed by atoms with Gasteiger partial charge in [0.05, 0.1) is 17.8 Å². The molecular weight excluding hydrogens is 304 g/mol. The number of nitrogens with zero attached hydrogens (tertiary/aromatic N) is 3. The molecule has 0 radical (unpaired) electrons. The Morgan fingerprint density at radius 3 is 2.71 bits per heavy atom. The van der Waals surface area contributed by atoms with E-state index in [0.29, 0.717) is 12.5 Å². The molecule has 1 fully saturated rings. The van der Waals surface area contributed by atoms with Crippen LogP contribution in [0.15, 0.2) is 24.4 Å². The van der Waals surface area contributed by atoms with E-state index in [9.17, 15) is 9.59 Å². The number of primary amides is 1. The Balaban J connectivity index is 1.97. The van der Waals surface area contributed by atoms with Gasteiger partial charge in [0.2, 0.25) is 0 Å². The minimum atomic E-state index is -0.886. The molecule has 0 saturated carbocycles. The molecule has 1 saturated heterocycles. The van der Waals surface area contributed by atoms with Gasteiger partial charge in [-0.2, -0.15) is 5.10 Å². The lowest BCUT2D eigenvalue weighted by atomic mass is 9.89. The maximum absolute atomic E-state index is 12.2. The van der Waals surface area contributed by atoms with E-state index in [4.69, 9.17) is 5.73 Å². The van der Waals surface area contributed by atoms with E-state index < -0.39 is 11.8 Å². The minimum absolute atomic E-state index is 0.104. The highest BCUT2D eigenvalue weighted by atomic mass is 16.2. The summed E-state index contributed by atoms with van der Waals surface area (Å²) in [5, 5.41) is 5.48. The Hall–Kier alpha value is -2.37. The van der Waals surface area contributed by atoms with Crippen molar-refractivity contribution >= 4 is 22.7 Å². The van der Waals surface area contributed by atoms with Gasteiger partial charge in [0.1, 0.15) is 0 Å². The van der Waals surface area contributed by atoms with Crippen LogP contribution in [0.1, 0.15) is 51.3 Å². The summed E-state index contributed by atoms with van der Waals surface area (Å²) in [5.74, 6) is -1.11. The molecular formula is C18H24N4O2. The molecule has 6 nitrogen and oxygen atoms in total. The van der Waals surface area contributed by atoms with Gasteiger partial charge in [-0.3, -0.25) is 14.3 Å². The summed E-state index contributed by atoms with van der Waals surface area (Å²) in [4.78, 5) is 25.2. The predicted octanol–water partition coefficient (Wildman–Crippen LogP) is 2.40. The van der Waals surface area contributed by atoms with Gasteiger partial charge in [0.15, 0.2) is 0 Å². The van der Waals surface area contributed by atoms with Crippen LogP contribution >= 0.6 is 0 Å². The molecule has 6 heteroatoms. The first kappa shape index (κ1) is 16.5. The van der Waals surface area contributed by atoms with Crippen molar-refractivity contribution in [3.8, 4) is 0 Å². The van der Waals surface area contributed by atoms with Gasteiger partial charge >= 0.3 is 11.8 Å². The lowest BCUT2D eigenvalue weighted by Crippen LogP contribution is -2.46. The van der Waals surface area contributed by atoms with Crippen molar-refractivity contribution in [2.24, 2.45) is 11.7 Å². The fraction of sp³-hybridized carbons (Fsp3) is 0.500. The molecule has 0 unspecified atom stereocenters. The van der Waals surface area contributed by atoms with Crippen molar-refractivity contribution in [3.63, 3.8) is 0 Å². The first-order valence-electron chi connectivity index (χ1n) is 8.46. The van der Waals surface area contributed by atoms with Crippen LogP contribution in [-0.4, -0.2) is 33.0 Å². The Morgan fingerprint density at radius 1 is 1.29 bits per heavy atom. The van der Waals surface area contributed by atoms with E-state index in [0.717, 1.165) is 29.3 Å². The predicted molar refractivity (Wildman–Crippen MR) is 92.2 cm³/mol. The Kier molecular flexibility index (Phi) is 4.30. The number of carbonyl (C=O) groups is 2. The van der Waals surface area contributed by atoms with Crippen molar-refractivity contribution in [2.75, 3.05) is 6.54 Å². The van der Waals surface area contributed by atoms with Gasteiger partial charge in [-0.05, 0) is 50.3 Å². The molecule has 24 heavy (non-hydrogen) atoms. The summed E-state index contributed by atoms with van der Waals surface area (Å²) in [7, 11) is 0. The first-order chi connectivity index (χ1) is 11.4. The standard InChI is InChI=1S/C18H24N4O2/c1-11(2)22-16-7-5-13(8-14(16)9-20-22)15-6-4-12(3)10-21(15)18(24)17(19)23/h5,7-9,11-12,15H,4,6,10H2,1-3H3,(H2,19,23)/t12-,15+/m0/s1. The largest absolute Gasteiger partial charge is 0.361 e. The van der Waals surface area contributed by atoms with E-state index in [2.05, 4.69) is 31.9 Å². The third kappa shape index (κ3) is 2.88. The van der Waals surface area contributed by atoms with Crippen molar-refractivity contribution in [3.05, 3.63) is 30.0 Å². The third-order valence-corrected chi connectivity index (χ3v) is 4.78. The SMILES string of the molecule is CC(C)n1ncc2cc([C@H]3CC[C@H](C)CN3C(=O)C(N)=O)ccc21. The van der Waals surface area contributed by atoms with Crippen molar-refractivity contribution in [1.82, 2.24) is 14.7 Å². The molecule has 1 aromatic heterocycles. The molecule has 2 amide bonds. The second-order valence-electron chi connectivity index (χ2n) is 7.02. The monoisotopic (exact) mass is 328 g/mol. The molecule has 1 aliphatic heterocycles. The van der Waals surface area contributed by atoms with Crippen LogP contribution in [0.2, 0.25) is 0 Å². The number of carbonyl (C=O) groups excluding carboxylic acids is 2. The number of fused-ring (bicyclic) bond motifs is 1. The maximum atomic E-state index is 12.2. The van der Waals surface area contributed by atoms with Crippen LogP contribution < -0.4 is 5.73 Å². The third-order valence-electron chi connectivity index (χ3n) is 4.78. The minimum Gasteiger partial charge on any atom is -0.361 e. The number of hydrogen-bond acceptors (Lipinski definition) is 3. The summed E-state index contributed by atoms with van der Waals surface area (Å²) in [5.41, 5.74) is 7.35. The first-order valence-corrected chi connectivity index (χ1v) is 8.46. The van der Waals surface area contributed by atoms with Crippen LogP contribution in [0.25, 0.3) is 10.9 Å². The van der Waals surface area contributed by atoms with E-state index in [1.165, 1.54) is 0 Å². The zero-order valence-electron chi connectivity index (χ0n) is 14.4. The molecule has 2 atom stereocenters. The highest BCUT2D eigenvalue weighted by molar-refractivity contribution is 6.34. The molecule has 2 heterocycles. The fourth-order valence-corrected chi connectivity index (χ4v) is 3.56. The molecule has 0 spiro atoms. The van der Waals surface area contributed by atoms with E-state index in [1.807, 2.05) is 23.0 Å². The smallest absolute Gasteiger partial charge is 0.312 e. The summed E-state index contributed by atoms with van der Waals surface area (Å²) >= 11 is 0. The summed E-state index contributed by atoms with van der Waals surface area (Å²) in [6, 6.07) is 6.33. The zero-order chi connectivity index (χ0) is 17.4. The molecule has 1 aliphatic rings. The average molecular weight is 328 g/mol. The van der Waals surface area contributed by atoms with Gasteiger partial charge in [-0.15, -0.1) is 0 Å². The van der Waals surface area contributed by atoms with Crippen LogP contribution in [0.4, 0.5) is 0 Å². The number of aromatic nitrogens is 2. The number of likely N-dealkylation sites (tertiary alicyclic amines) is 1. The molecule has 3 rings (SSSR count). The molecule has 0 aliphatic carbocycles. The lowest BCUT2D eigenvalue weighted by molar-refractivity contribution is -0.147. The summed E-state index contributed by atoms with van der Waals surface area (Å²) < 4.78 is 1.98. The maximum Gasteiger partial charge on any atom is 0.312 e. The fourth-order valence-electron chi connectivity index (χ4n) is 3.56. The number of rotatable bonds is 2. The highest BCUT2D eigenvalue weighted by Crippen LogP contribution is 2.34. The molecule has 128 valence electrons. The quantitative estimate of drug-likeness (QED) is 0.860. The van der Waals surface area contributed by atoms with Crippen LogP contribution in [-0.2, 0) is 9.59 Å². The number of piperidine rings is 1.